The Labute approximate surface area is 211 Å². The molecule has 1 aromatic heterocycles. The SMILES string of the molecule is CC(=O)NC[C@H]1CN(c2cc(F)c(N3CCN(C(=O)CNC(=O)c4cccnc4)CC3)c(F)c2)C(=O)O1. The summed E-state index contributed by atoms with van der Waals surface area (Å²) in [7, 11) is 0. The van der Waals surface area contributed by atoms with E-state index in [4.69, 9.17) is 4.74 Å². The van der Waals surface area contributed by atoms with Gasteiger partial charge in [0, 0.05) is 57.6 Å². The molecule has 196 valence electrons. The fourth-order valence-electron chi connectivity index (χ4n) is 4.15. The molecule has 2 aliphatic rings. The first-order valence-corrected chi connectivity index (χ1v) is 11.7. The van der Waals surface area contributed by atoms with Crippen LogP contribution in [-0.4, -0.2) is 85.6 Å². The van der Waals surface area contributed by atoms with Gasteiger partial charge < -0.3 is 25.2 Å². The number of nitrogens with zero attached hydrogens (tertiary/aromatic N) is 4. The van der Waals surface area contributed by atoms with Crippen LogP contribution in [0.5, 0.6) is 0 Å². The zero-order valence-electron chi connectivity index (χ0n) is 20.1. The third-order valence-corrected chi connectivity index (χ3v) is 6.04. The lowest BCUT2D eigenvalue weighted by molar-refractivity contribution is -0.130. The number of cyclic esters (lactones) is 1. The van der Waals surface area contributed by atoms with Gasteiger partial charge in [-0.25, -0.2) is 13.6 Å². The molecule has 0 spiro atoms. The normalized spacial score (nSPS) is 17.4. The summed E-state index contributed by atoms with van der Waals surface area (Å²) in [5.41, 5.74) is 0.0929. The maximum Gasteiger partial charge on any atom is 0.414 e. The number of aromatic nitrogens is 1. The fourth-order valence-corrected chi connectivity index (χ4v) is 4.15. The quantitative estimate of drug-likeness (QED) is 0.560. The summed E-state index contributed by atoms with van der Waals surface area (Å²) < 4.78 is 35.2. The van der Waals surface area contributed by atoms with E-state index in [0.717, 1.165) is 17.0 Å². The monoisotopic (exact) mass is 516 g/mol. The van der Waals surface area contributed by atoms with Gasteiger partial charge in [0.2, 0.25) is 11.8 Å². The predicted octanol–water partition coefficient (Wildman–Crippen LogP) is 0.900. The number of ether oxygens (including phenoxy) is 1. The van der Waals surface area contributed by atoms with Crippen molar-refractivity contribution in [1.29, 1.82) is 0 Å². The molecule has 4 rings (SSSR count). The second-order valence-electron chi connectivity index (χ2n) is 8.60. The molecular weight excluding hydrogens is 490 g/mol. The molecule has 11 nitrogen and oxygen atoms in total. The van der Waals surface area contributed by atoms with E-state index in [1.54, 1.807) is 12.1 Å². The van der Waals surface area contributed by atoms with Crippen LogP contribution in [0.25, 0.3) is 0 Å². The molecule has 4 amide bonds. The summed E-state index contributed by atoms with van der Waals surface area (Å²) in [4.78, 5) is 55.8. The number of carbonyl (C=O) groups is 4. The lowest BCUT2D eigenvalue weighted by Gasteiger charge is -2.36. The van der Waals surface area contributed by atoms with E-state index in [2.05, 4.69) is 15.6 Å². The average molecular weight is 517 g/mol. The molecule has 13 heteroatoms. The van der Waals surface area contributed by atoms with Crippen molar-refractivity contribution in [2.75, 3.05) is 55.6 Å². The summed E-state index contributed by atoms with van der Waals surface area (Å²) in [6.07, 6.45) is 1.53. The Morgan fingerprint density at radius 2 is 1.81 bits per heavy atom. The van der Waals surface area contributed by atoms with E-state index in [1.807, 2.05) is 0 Å². The average Bonchev–Trinajstić information content (AvgIpc) is 3.26. The zero-order chi connectivity index (χ0) is 26.5. The van der Waals surface area contributed by atoms with Crippen LogP contribution >= 0.6 is 0 Å². The Morgan fingerprint density at radius 1 is 1.11 bits per heavy atom. The smallest absolute Gasteiger partial charge is 0.414 e. The van der Waals surface area contributed by atoms with Crippen molar-refractivity contribution in [1.82, 2.24) is 20.5 Å². The largest absolute Gasteiger partial charge is 0.442 e. The van der Waals surface area contributed by atoms with Gasteiger partial charge in [-0.1, -0.05) is 0 Å². The first kappa shape index (κ1) is 25.8. The van der Waals surface area contributed by atoms with Gasteiger partial charge in [0.05, 0.1) is 30.9 Å². The first-order valence-electron chi connectivity index (χ1n) is 11.7. The highest BCUT2D eigenvalue weighted by atomic mass is 19.1. The summed E-state index contributed by atoms with van der Waals surface area (Å²) in [6, 6.07) is 5.32. The van der Waals surface area contributed by atoms with E-state index in [1.165, 1.54) is 29.1 Å². The maximum atomic E-state index is 15.0. The predicted molar refractivity (Wildman–Crippen MR) is 128 cm³/mol. The number of benzene rings is 1. The van der Waals surface area contributed by atoms with Crippen LogP contribution in [0.15, 0.2) is 36.7 Å². The lowest BCUT2D eigenvalue weighted by Crippen LogP contribution is -2.51. The molecule has 2 saturated heterocycles. The van der Waals surface area contributed by atoms with Crippen LogP contribution in [0.2, 0.25) is 0 Å². The third-order valence-electron chi connectivity index (χ3n) is 6.04. The summed E-state index contributed by atoms with van der Waals surface area (Å²) >= 11 is 0. The number of anilines is 2. The van der Waals surface area contributed by atoms with Crippen molar-refractivity contribution >= 4 is 35.2 Å². The third kappa shape index (κ3) is 6.11. The Kier molecular flexibility index (Phi) is 7.80. The molecule has 0 unspecified atom stereocenters. The van der Waals surface area contributed by atoms with Gasteiger partial charge in [-0.05, 0) is 12.1 Å². The Bertz CT molecular complexity index is 1170. The van der Waals surface area contributed by atoms with Crippen molar-refractivity contribution in [3.8, 4) is 0 Å². The number of rotatable bonds is 7. The number of halogens is 2. The van der Waals surface area contributed by atoms with Crippen LogP contribution in [0.4, 0.5) is 25.0 Å². The van der Waals surface area contributed by atoms with Crippen LogP contribution in [0, 0.1) is 11.6 Å². The van der Waals surface area contributed by atoms with Gasteiger partial charge in [0.15, 0.2) is 11.6 Å². The van der Waals surface area contributed by atoms with Gasteiger partial charge in [-0.2, -0.15) is 0 Å². The van der Waals surface area contributed by atoms with Gasteiger partial charge in [0.25, 0.3) is 5.91 Å². The molecule has 0 saturated carbocycles. The van der Waals surface area contributed by atoms with E-state index in [9.17, 15) is 19.2 Å². The Morgan fingerprint density at radius 3 is 2.43 bits per heavy atom. The minimum absolute atomic E-state index is 0.00671. The van der Waals surface area contributed by atoms with Crippen molar-refractivity contribution in [3.05, 3.63) is 53.9 Å². The molecular formula is C24H26F2N6O5. The van der Waals surface area contributed by atoms with Crippen LogP contribution in [0.1, 0.15) is 17.3 Å². The Hall–Kier alpha value is -4.29. The molecule has 37 heavy (non-hydrogen) atoms. The van der Waals surface area contributed by atoms with E-state index >= 15 is 8.78 Å². The van der Waals surface area contributed by atoms with E-state index in [-0.39, 0.29) is 69.0 Å². The Balaban J connectivity index is 1.33. The van der Waals surface area contributed by atoms with Crippen LogP contribution in [-0.2, 0) is 14.3 Å². The standard InChI is InChI=1S/C24H26F2N6O5/c1-15(33)28-12-18-14-32(24(36)37-18)17-9-19(25)22(20(26)10-17)31-7-5-30(6-8-31)21(34)13-29-23(35)16-3-2-4-27-11-16/h2-4,9-11,18H,5-8,12-14H2,1H3,(H,28,33)(H,29,35)/t18-/m0/s1. The summed E-state index contributed by atoms with van der Waals surface area (Å²) in [5, 5.41) is 5.08. The van der Waals surface area contributed by atoms with Crippen molar-refractivity contribution in [2.24, 2.45) is 0 Å². The first-order chi connectivity index (χ1) is 17.7. The highest BCUT2D eigenvalue weighted by Gasteiger charge is 2.34. The number of carbonyl (C=O) groups excluding carboxylic acids is 4. The van der Waals surface area contributed by atoms with Crippen molar-refractivity contribution in [2.45, 2.75) is 13.0 Å². The second-order valence-corrected chi connectivity index (χ2v) is 8.60. The molecule has 0 radical (unpaired) electrons. The number of nitrogens with one attached hydrogen (secondary N) is 2. The molecule has 1 atom stereocenters. The molecule has 2 fully saturated rings. The minimum Gasteiger partial charge on any atom is -0.442 e. The number of pyridine rings is 1. The number of amides is 4. The molecule has 0 bridgehead atoms. The molecule has 0 aliphatic carbocycles. The van der Waals surface area contributed by atoms with E-state index < -0.39 is 29.7 Å². The lowest BCUT2D eigenvalue weighted by atomic mass is 10.2. The molecule has 2 N–H and O–H groups in total. The second kappa shape index (κ2) is 11.2. The fraction of sp³-hybridized carbons (Fsp3) is 0.375. The van der Waals surface area contributed by atoms with Gasteiger partial charge in [-0.3, -0.25) is 24.3 Å². The van der Waals surface area contributed by atoms with E-state index in [0.29, 0.717) is 5.56 Å². The number of hydrogen-bond donors (Lipinski definition) is 2. The van der Waals surface area contributed by atoms with Crippen LogP contribution in [0.3, 0.4) is 0 Å². The molecule has 2 aromatic rings. The van der Waals surface area contributed by atoms with Gasteiger partial charge in [-0.15, -0.1) is 0 Å². The van der Waals surface area contributed by atoms with Gasteiger partial charge >= 0.3 is 6.09 Å². The molecule has 3 heterocycles. The maximum absolute atomic E-state index is 15.0. The van der Waals surface area contributed by atoms with Gasteiger partial charge in [0.1, 0.15) is 11.8 Å². The molecule has 2 aliphatic heterocycles. The summed E-state index contributed by atoms with van der Waals surface area (Å²) in [5.74, 6) is -2.72. The molecule has 1 aromatic carbocycles. The summed E-state index contributed by atoms with van der Waals surface area (Å²) in [6.45, 7) is 2.04. The van der Waals surface area contributed by atoms with Crippen molar-refractivity contribution < 1.29 is 32.7 Å². The highest BCUT2D eigenvalue weighted by Crippen LogP contribution is 2.31. The minimum atomic E-state index is -0.850. The topological polar surface area (TPSA) is 124 Å². The zero-order valence-corrected chi connectivity index (χ0v) is 20.1. The number of piperazine rings is 1. The highest BCUT2D eigenvalue weighted by molar-refractivity contribution is 5.96. The number of hydrogen-bond acceptors (Lipinski definition) is 7. The van der Waals surface area contributed by atoms with Crippen molar-refractivity contribution in [3.63, 3.8) is 0 Å². The van der Waals surface area contributed by atoms with Crippen LogP contribution < -0.4 is 20.4 Å².